The van der Waals surface area contributed by atoms with Crippen molar-refractivity contribution < 1.29 is 38.0 Å². The molecule has 0 spiro atoms. The maximum absolute atomic E-state index is 12.1. The number of hydrogen-bond donors (Lipinski definition) is 1. The molecule has 0 radical (unpaired) electrons. The lowest BCUT2D eigenvalue weighted by Gasteiger charge is -2.09. The van der Waals surface area contributed by atoms with Crippen LogP contribution in [0.1, 0.15) is 44.0 Å². The van der Waals surface area contributed by atoms with Gasteiger partial charge in [-0.2, -0.15) is 0 Å². The van der Waals surface area contributed by atoms with Crippen LogP contribution < -0.4 is 5.32 Å². The van der Waals surface area contributed by atoms with Crippen LogP contribution in [-0.2, 0) is 33.2 Å². The van der Waals surface area contributed by atoms with Gasteiger partial charge in [-0.25, -0.2) is 4.79 Å². The van der Waals surface area contributed by atoms with Crippen LogP contribution in [0.3, 0.4) is 0 Å². The Hall–Kier alpha value is -1.75. The Morgan fingerprint density at radius 1 is 0.714 bits per heavy atom. The van der Waals surface area contributed by atoms with Crippen molar-refractivity contribution in [3.8, 4) is 0 Å². The molecule has 0 amide bonds. The maximum atomic E-state index is 12.1. The van der Waals surface area contributed by atoms with Gasteiger partial charge in [-0.3, -0.25) is 0 Å². The average molecular weight is 500 g/mol. The van der Waals surface area contributed by atoms with Gasteiger partial charge in [0.05, 0.1) is 84.3 Å². The molecule has 0 heterocycles. The topological polar surface area (TPSA) is 93.7 Å². The van der Waals surface area contributed by atoms with Crippen LogP contribution in [-0.4, -0.2) is 97.9 Å². The smallest absolute Gasteiger partial charge is 0.338 e. The van der Waals surface area contributed by atoms with E-state index in [2.05, 4.69) is 12.2 Å². The predicted molar refractivity (Wildman–Crippen MR) is 135 cm³/mol. The molecule has 9 nitrogen and oxygen atoms in total. The first-order valence-corrected chi connectivity index (χ1v) is 12.6. The van der Waals surface area contributed by atoms with Gasteiger partial charge in [0.2, 0.25) is 0 Å². The summed E-state index contributed by atoms with van der Waals surface area (Å²) in [6.07, 6.45) is 2.49. The molecule has 202 valence electrons. The zero-order chi connectivity index (χ0) is 25.4. The van der Waals surface area contributed by atoms with Crippen molar-refractivity contribution in [1.29, 1.82) is 0 Å². The first kappa shape index (κ1) is 31.3. The van der Waals surface area contributed by atoms with Gasteiger partial charge in [0.1, 0.15) is 6.61 Å². The molecule has 0 unspecified atom stereocenters. The molecule has 0 aliphatic rings. The van der Waals surface area contributed by atoms with Gasteiger partial charge in [0.25, 0.3) is 0 Å². The van der Waals surface area contributed by atoms with Crippen LogP contribution in [0.4, 0.5) is 5.69 Å². The zero-order valence-corrected chi connectivity index (χ0v) is 21.8. The fourth-order valence-electron chi connectivity index (χ4n) is 2.73. The summed E-state index contributed by atoms with van der Waals surface area (Å²) in [5.74, 6) is -0.352. The Morgan fingerprint density at radius 2 is 1.17 bits per heavy atom. The monoisotopic (exact) mass is 499 g/mol. The summed E-state index contributed by atoms with van der Waals surface area (Å²) in [5.41, 5.74) is 1.53. The molecule has 1 aromatic carbocycles. The molecular formula is C26H45NO8. The van der Waals surface area contributed by atoms with Crippen molar-refractivity contribution in [1.82, 2.24) is 0 Å². The maximum Gasteiger partial charge on any atom is 0.338 e. The lowest BCUT2D eigenvalue weighted by Crippen LogP contribution is -2.15. The van der Waals surface area contributed by atoms with Gasteiger partial charge in [-0.05, 0) is 44.5 Å². The van der Waals surface area contributed by atoms with E-state index >= 15 is 0 Å². The lowest BCUT2D eigenvalue weighted by molar-refractivity contribution is -0.0229. The summed E-state index contributed by atoms with van der Waals surface area (Å²) in [6, 6.07) is 7.30. The second-order valence-corrected chi connectivity index (χ2v) is 7.98. The minimum Gasteiger partial charge on any atom is -0.460 e. The average Bonchev–Trinajstić information content (AvgIpc) is 2.85. The molecule has 0 bridgehead atoms. The normalized spacial score (nSPS) is 11.2. The molecule has 0 aliphatic heterocycles. The van der Waals surface area contributed by atoms with E-state index in [1.165, 1.54) is 0 Å². The first-order chi connectivity index (χ1) is 17.1. The minimum absolute atomic E-state index is 0.204. The van der Waals surface area contributed by atoms with Crippen LogP contribution >= 0.6 is 0 Å². The summed E-state index contributed by atoms with van der Waals surface area (Å²) in [4.78, 5) is 12.1. The number of carbonyl (C=O) groups excluding carboxylic acids is 1. The van der Waals surface area contributed by atoms with Gasteiger partial charge in [0.15, 0.2) is 0 Å². The molecule has 35 heavy (non-hydrogen) atoms. The molecule has 1 rings (SSSR count). The highest BCUT2D eigenvalue weighted by Crippen LogP contribution is 2.10. The molecule has 1 aromatic rings. The molecule has 9 heteroatoms. The summed E-state index contributed by atoms with van der Waals surface area (Å²) < 4.78 is 37.7. The molecule has 0 atom stereocenters. The Kier molecular flexibility index (Phi) is 20.3. The second-order valence-electron chi connectivity index (χ2n) is 7.98. The highest BCUT2D eigenvalue weighted by Gasteiger charge is 2.06. The highest BCUT2D eigenvalue weighted by molar-refractivity contribution is 5.89. The van der Waals surface area contributed by atoms with Crippen molar-refractivity contribution in [3.63, 3.8) is 0 Å². The van der Waals surface area contributed by atoms with Crippen molar-refractivity contribution in [2.75, 3.05) is 91.1 Å². The van der Waals surface area contributed by atoms with Gasteiger partial charge in [-0.1, -0.05) is 13.3 Å². The van der Waals surface area contributed by atoms with Crippen molar-refractivity contribution >= 4 is 11.7 Å². The predicted octanol–water partition coefficient (Wildman–Crippen LogP) is 3.56. The van der Waals surface area contributed by atoms with Crippen LogP contribution in [0.5, 0.6) is 0 Å². The molecular weight excluding hydrogens is 454 g/mol. The van der Waals surface area contributed by atoms with E-state index in [0.29, 0.717) is 78.2 Å². The third-order valence-electron chi connectivity index (χ3n) is 4.61. The number of hydrogen-bond acceptors (Lipinski definition) is 9. The van der Waals surface area contributed by atoms with E-state index in [0.717, 1.165) is 25.1 Å². The van der Waals surface area contributed by atoms with Gasteiger partial charge in [-0.15, -0.1) is 0 Å². The van der Waals surface area contributed by atoms with Gasteiger partial charge in [0, 0.05) is 12.2 Å². The summed E-state index contributed by atoms with van der Waals surface area (Å²) in [7, 11) is 0. The number of esters is 1. The van der Waals surface area contributed by atoms with Crippen molar-refractivity contribution in [2.45, 2.75) is 39.7 Å². The Labute approximate surface area is 210 Å². The number of ether oxygens (including phenoxy) is 7. The Morgan fingerprint density at radius 3 is 1.63 bits per heavy atom. The minimum atomic E-state index is -0.352. The Bertz CT molecular complexity index is 612. The molecule has 1 N–H and O–H groups in total. The molecule has 0 saturated carbocycles. The van der Waals surface area contributed by atoms with E-state index in [-0.39, 0.29) is 18.7 Å². The number of anilines is 1. The third kappa shape index (κ3) is 19.2. The SMILES string of the molecule is CCCCNc1ccc(C(=O)OCCOCCOCCOCCOCCOCCOC(C)C)cc1. The second kappa shape index (κ2) is 22.7. The quantitative estimate of drug-likeness (QED) is 0.169. The third-order valence-corrected chi connectivity index (χ3v) is 4.61. The van der Waals surface area contributed by atoms with E-state index in [9.17, 15) is 4.79 Å². The van der Waals surface area contributed by atoms with E-state index < -0.39 is 0 Å². The van der Waals surface area contributed by atoms with Gasteiger partial charge >= 0.3 is 5.97 Å². The van der Waals surface area contributed by atoms with Crippen LogP contribution in [0.2, 0.25) is 0 Å². The fraction of sp³-hybridized carbons (Fsp3) is 0.731. The molecule has 0 fully saturated rings. The largest absolute Gasteiger partial charge is 0.460 e. The van der Waals surface area contributed by atoms with E-state index in [1.807, 2.05) is 26.0 Å². The first-order valence-electron chi connectivity index (χ1n) is 12.6. The summed E-state index contributed by atoms with van der Waals surface area (Å²) >= 11 is 0. The van der Waals surface area contributed by atoms with Crippen LogP contribution in [0.15, 0.2) is 24.3 Å². The number of carbonyl (C=O) groups is 1. The van der Waals surface area contributed by atoms with Crippen molar-refractivity contribution in [3.05, 3.63) is 29.8 Å². The van der Waals surface area contributed by atoms with Gasteiger partial charge < -0.3 is 38.5 Å². The summed E-state index contributed by atoms with van der Waals surface area (Å²) in [5, 5.41) is 3.31. The number of benzene rings is 1. The van der Waals surface area contributed by atoms with E-state index in [1.54, 1.807) is 12.1 Å². The fourth-order valence-corrected chi connectivity index (χ4v) is 2.73. The number of nitrogens with one attached hydrogen (secondary N) is 1. The number of rotatable bonds is 24. The van der Waals surface area contributed by atoms with E-state index in [4.69, 9.17) is 33.2 Å². The molecule has 0 aromatic heterocycles. The molecule has 0 saturated heterocycles. The van der Waals surface area contributed by atoms with Crippen LogP contribution in [0, 0.1) is 0 Å². The Balaban J connectivity index is 1.82. The van der Waals surface area contributed by atoms with Crippen LogP contribution in [0.25, 0.3) is 0 Å². The molecule has 0 aliphatic carbocycles. The highest BCUT2D eigenvalue weighted by atomic mass is 16.6. The summed E-state index contributed by atoms with van der Waals surface area (Å²) in [6.45, 7) is 12.8. The lowest BCUT2D eigenvalue weighted by atomic mass is 10.2. The standard InChI is InChI=1S/C26H45NO8/c1-4-5-10-27-25-8-6-24(7-9-25)26(28)35-22-20-33-18-16-31-14-12-29-11-13-30-15-17-32-19-21-34-23(2)3/h6-9,23,27H,4-5,10-22H2,1-3H3. The van der Waals surface area contributed by atoms with Crippen molar-refractivity contribution in [2.24, 2.45) is 0 Å². The zero-order valence-electron chi connectivity index (χ0n) is 21.8. The number of unbranched alkanes of at least 4 members (excludes halogenated alkanes) is 1.